The predicted molar refractivity (Wildman–Crippen MR) is 140 cm³/mol. The number of likely N-dealkylation sites (tertiary alicyclic amines) is 1. The molecule has 11 nitrogen and oxygen atoms in total. The van der Waals surface area contributed by atoms with E-state index in [4.69, 9.17) is 19.2 Å². The van der Waals surface area contributed by atoms with Gasteiger partial charge in [0.1, 0.15) is 27.9 Å². The Kier molecular flexibility index (Phi) is 7.68. The Morgan fingerprint density at radius 3 is 2.68 bits per heavy atom. The first-order chi connectivity index (χ1) is 17.8. The number of ether oxygens (including phenoxy) is 3. The molecule has 5 rings (SSSR count). The van der Waals surface area contributed by atoms with Gasteiger partial charge in [0.25, 0.3) is 0 Å². The van der Waals surface area contributed by atoms with Gasteiger partial charge in [-0.3, -0.25) is 4.90 Å². The van der Waals surface area contributed by atoms with E-state index in [-0.39, 0.29) is 12.2 Å². The number of carbonyl (C=O) groups excluding carboxylic acids is 1. The Morgan fingerprint density at radius 1 is 1.16 bits per heavy atom. The van der Waals surface area contributed by atoms with E-state index in [0.717, 1.165) is 29.1 Å². The maximum atomic E-state index is 12.4. The number of amides is 1. The average Bonchev–Trinajstić information content (AvgIpc) is 3.26. The van der Waals surface area contributed by atoms with Crippen LogP contribution in [-0.4, -0.2) is 86.9 Å². The second kappa shape index (κ2) is 11.1. The summed E-state index contributed by atoms with van der Waals surface area (Å²) in [5.74, 6) is 0.624. The molecule has 1 N–H and O–H groups in total. The third kappa shape index (κ3) is 7.02. The van der Waals surface area contributed by atoms with Gasteiger partial charge in [0.2, 0.25) is 0 Å². The number of nitrogens with zero attached hydrogens (tertiary/aromatic N) is 6. The topological polar surface area (TPSA) is 115 Å². The molecule has 37 heavy (non-hydrogen) atoms. The Labute approximate surface area is 220 Å². The van der Waals surface area contributed by atoms with Crippen molar-refractivity contribution < 1.29 is 19.0 Å². The number of pyridine rings is 1. The molecule has 2 fully saturated rings. The molecule has 2 aliphatic heterocycles. The van der Waals surface area contributed by atoms with Crippen molar-refractivity contribution in [3.05, 3.63) is 30.1 Å². The van der Waals surface area contributed by atoms with E-state index in [9.17, 15) is 4.79 Å². The quantitative estimate of drug-likeness (QED) is 0.507. The number of anilines is 2. The number of carbonyl (C=O) groups is 1. The van der Waals surface area contributed by atoms with Crippen LogP contribution < -0.4 is 10.1 Å². The summed E-state index contributed by atoms with van der Waals surface area (Å²) in [6.07, 6.45) is 2.75. The van der Waals surface area contributed by atoms with E-state index in [0.29, 0.717) is 62.6 Å². The number of piperidine rings is 1. The van der Waals surface area contributed by atoms with Gasteiger partial charge in [0.05, 0.1) is 18.9 Å². The molecule has 2 saturated heterocycles. The summed E-state index contributed by atoms with van der Waals surface area (Å²) in [6, 6.07) is 6.07. The number of hydrogen-bond donors (Lipinski definition) is 1. The normalized spacial score (nSPS) is 17.6. The lowest BCUT2D eigenvalue weighted by Gasteiger charge is -2.33. The molecule has 5 heterocycles. The summed E-state index contributed by atoms with van der Waals surface area (Å²) in [7, 11) is 0. The highest BCUT2D eigenvalue weighted by Gasteiger charge is 2.28. The van der Waals surface area contributed by atoms with Gasteiger partial charge in [0.15, 0.2) is 5.13 Å². The van der Waals surface area contributed by atoms with Gasteiger partial charge < -0.3 is 24.4 Å². The largest absolute Gasteiger partial charge is 0.460 e. The second-order valence-corrected chi connectivity index (χ2v) is 11.1. The minimum atomic E-state index is -0.512. The molecule has 0 spiro atoms. The van der Waals surface area contributed by atoms with Gasteiger partial charge >= 0.3 is 12.1 Å². The number of nitrogens with one attached hydrogen (secondary N) is 1. The molecule has 0 radical (unpaired) electrons. The van der Waals surface area contributed by atoms with Gasteiger partial charge in [0, 0.05) is 57.8 Å². The lowest BCUT2D eigenvalue weighted by Crippen LogP contribution is -2.44. The zero-order valence-electron chi connectivity index (χ0n) is 21.5. The molecule has 2 aliphatic rings. The molecule has 1 amide bonds. The summed E-state index contributed by atoms with van der Waals surface area (Å²) in [6.45, 7) is 10.6. The van der Waals surface area contributed by atoms with Crippen molar-refractivity contribution in [2.75, 3.05) is 44.7 Å². The molecular formula is C25H33N7O4S. The van der Waals surface area contributed by atoms with Crippen LogP contribution in [0.25, 0.3) is 10.3 Å². The summed E-state index contributed by atoms with van der Waals surface area (Å²) < 4.78 is 17.2. The van der Waals surface area contributed by atoms with Gasteiger partial charge in [-0.05, 0) is 32.9 Å². The molecule has 0 aliphatic carbocycles. The fourth-order valence-corrected chi connectivity index (χ4v) is 5.04. The fourth-order valence-electron chi connectivity index (χ4n) is 4.22. The Bertz CT molecular complexity index is 1180. The third-order valence-electron chi connectivity index (χ3n) is 6.02. The number of morpholine rings is 1. The highest BCUT2D eigenvalue weighted by atomic mass is 32.1. The minimum Gasteiger partial charge on any atom is -0.460 e. The number of fused-ring (bicyclic) bond motifs is 1. The third-order valence-corrected chi connectivity index (χ3v) is 6.91. The van der Waals surface area contributed by atoms with Crippen molar-refractivity contribution in [2.45, 2.75) is 51.9 Å². The standard InChI is InChI=1S/C25H33N7O4S/c1-25(2,3)36-24(33)32-9-6-18(7-10-32)35-22-27-17(16-31-11-13-34-14-12-31)15-20(29-22)30-23-28-19-5-4-8-26-21(19)37-23/h4-5,8,15,18H,6-7,9-14,16H2,1-3H3,(H,27,28,29,30). The van der Waals surface area contributed by atoms with Crippen LogP contribution in [0.4, 0.5) is 15.7 Å². The number of hydrogen-bond acceptors (Lipinski definition) is 11. The van der Waals surface area contributed by atoms with Crippen LogP contribution in [0.5, 0.6) is 6.01 Å². The first kappa shape index (κ1) is 25.6. The lowest BCUT2D eigenvalue weighted by molar-refractivity contribution is 0.0118. The summed E-state index contributed by atoms with van der Waals surface area (Å²) in [5.41, 5.74) is 1.19. The average molecular weight is 528 g/mol. The molecule has 12 heteroatoms. The maximum absolute atomic E-state index is 12.4. The first-order valence-electron chi connectivity index (χ1n) is 12.6. The molecular weight excluding hydrogens is 494 g/mol. The van der Waals surface area contributed by atoms with E-state index in [1.54, 1.807) is 11.1 Å². The van der Waals surface area contributed by atoms with Gasteiger partial charge in [-0.15, -0.1) is 0 Å². The van der Waals surface area contributed by atoms with Crippen LogP contribution in [0, 0.1) is 0 Å². The number of thiazole rings is 1. The van der Waals surface area contributed by atoms with Gasteiger partial charge in [-0.25, -0.2) is 14.8 Å². The highest BCUT2D eigenvalue weighted by molar-refractivity contribution is 7.21. The van der Waals surface area contributed by atoms with Crippen LogP contribution in [0.2, 0.25) is 0 Å². The zero-order valence-corrected chi connectivity index (χ0v) is 22.3. The minimum absolute atomic E-state index is 0.0863. The number of aromatic nitrogens is 4. The van der Waals surface area contributed by atoms with E-state index >= 15 is 0 Å². The Morgan fingerprint density at radius 2 is 1.95 bits per heavy atom. The predicted octanol–water partition coefficient (Wildman–Crippen LogP) is 3.84. The van der Waals surface area contributed by atoms with Gasteiger partial charge in [-0.2, -0.15) is 9.97 Å². The van der Waals surface area contributed by atoms with Crippen molar-refractivity contribution in [1.29, 1.82) is 0 Å². The van der Waals surface area contributed by atoms with Crippen LogP contribution in [0.3, 0.4) is 0 Å². The zero-order chi connectivity index (χ0) is 25.8. The summed E-state index contributed by atoms with van der Waals surface area (Å²) in [4.78, 5) is 35.7. The van der Waals surface area contributed by atoms with Gasteiger partial charge in [-0.1, -0.05) is 11.3 Å². The van der Waals surface area contributed by atoms with Crippen molar-refractivity contribution in [1.82, 2.24) is 29.7 Å². The SMILES string of the molecule is CC(C)(C)OC(=O)N1CCC(Oc2nc(CN3CCOCC3)cc(Nc3nc4cccnc4s3)n2)CC1. The molecule has 0 aromatic carbocycles. The Balaban J connectivity index is 1.28. The van der Waals surface area contributed by atoms with Crippen molar-refractivity contribution in [3.8, 4) is 6.01 Å². The van der Waals surface area contributed by atoms with Crippen LogP contribution in [-0.2, 0) is 16.0 Å². The van der Waals surface area contributed by atoms with Crippen molar-refractivity contribution in [3.63, 3.8) is 0 Å². The molecule has 0 atom stereocenters. The highest BCUT2D eigenvalue weighted by Crippen LogP contribution is 2.27. The van der Waals surface area contributed by atoms with Crippen molar-refractivity contribution >= 4 is 38.7 Å². The molecule has 198 valence electrons. The molecule has 0 saturated carbocycles. The first-order valence-corrected chi connectivity index (χ1v) is 13.4. The van der Waals surface area contributed by atoms with E-state index in [1.165, 1.54) is 11.3 Å². The monoisotopic (exact) mass is 527 g/mol. The van der Waals surface area contributed by atoms with Crippen LogP contribution >= 0.6 is 11.3 Å². The second-order valence-electron chi connectivity index (χ2n) is 10.2. The lowest BCUT2D eigenvalue weighted by atomic mass is 10.1. The van der Waals surface area contributed by atoms with Crippen molar-refractivity contribution in [2.24, 2.45) is 0 Å². The molecule has 0 bridgehead atoms. The summed E-state index contributed by atoms with van der Waals surface area (Å²) in [5, 5.41) is 4.03. The summed E-state index contributed by atoms with van der Waals surface area (Å²) >= 11 is 1.47. The van der Waals surface area contributed by atoms with Crippen LogP contribution in [0.1, 0.15) is 39.3 Å². The smallest absolute Gasteiger partial charge is 0.410 e. The molecule has 0 unspecified atom stereocenters. The number of rotatable bonds is 6. The van der Waals surface area contributed by atoms with E-state index in [2.05, 4.69) is 25.2 Å². The fraction of sp³-hybridized carbons (Fsp3) is 0.560. The molecule has 3 aromatic rings. The van der Waals surface area contributed by atoms with E-state index < -0.39 is 5.60 Å². The van der Waals surface area contributed by atoms with E-state index in [1.807, 2.05) is 39.0 Å². The van der Waals surface area contributed by atoms with Crippen LogP contribution in [0.15, 0.2) is 24.4 Å². The maximum Gasteiger partial charge on any atom is 0.410 e. The Hall–Kier alpha value is -3.09. The molecule has 3 aromatic heterocycles.